The second kappa shape index (κ2) is 8.40. The molecule has 2 atom stereocenters. The van der Waals surface area contributed by atoms with Gasteiger partial charge in [0.05, 0.1) is 17.8 Å². The molecule has 4 rings (SSSR count). The van der Waals surface area contributed by atoms with Gasteiger partial charge in [0.15, 0.2) is 5.11 Å². The molecule has 8 heteroatoms. The highest BCUT2D eigenvalue weighted by atomic mass is 32.1. The Morgan fingerprint density at radius 3 is 2.69 bits per heavy atom. The van der Waals surface area contributed by atoms with E-state index in [1.54, 1.807) is 6.20 Å². The maximum atomic E-state index is 13.0. The van der Waals surface area contributed by atoms with Crippen LogP contribution in [0.15, 0.2) is 67.0 Å². The Kier molecular flexibility index (Phi) is 5.53. The van der Waals surface area contributed by atoms with Crippen LogP contribution in [-0.4, -0.2) is 32.4 Å². The number of aromatic nitrogens is 2. The van der Waals surface area contributed by atoms with Gasteiger partial charge in [0.2, 0.25) is 5.91 Å². The van der Waals surface area contributed by atoms with Crippen LogP contribution in [0.5, 0.6) is 0 Å². The molecule has 0 aliphatic carbocycles. The number of carbonyl (C=O) groups excluding carboxylic acids is 1. The molecule has 1 aromatic carbocycles. The number of nitrogens with zero attached hydrogens (tertiary/aromatic N) is 2. The Bertz CT molecular complexity index is 978. The topological polar surface area (TPSA) is 73.0 Å². The molecular formula is C21H20FN5OS. The van der Waals surface area contributed by atoms with Crippen molar-refractivity contribution < 1.29 is 9.18 Å². The van der Waals surface area contributed by atoms with Gasteiger partial charge in [-0.2, -0.15) is 0 Å². The number of aromatic amines is 1. The van der Waals surface area contributed by atoms with Gasteiger partial charge < -0.3 is 20.5 Å². The molecule has 29 heavy (non-hydrogen) atoms. The number of amides is 1. The van der Waals surface area contributed by atoms with Gasteiger partial charge in [0.1, 0.15) is 5.82 Å². The molecule has 1 aliphatic heterocycles. The molecule has 3 heterocycles. The fourth-order valence-corrected chi connectivity index (χ4v) is 3.82. The van der Waals surface area contributed by atoms with Crippen molar-refractivity contribution in [3.05, 3.63) is 84.2 Å². The van der Waals surface area contributed by atoms with Gasteiger partial charge >= 0.3 is 0 Å². The molecule has 1 aliphatic rings. The number of thiocarbonyl (C=S) groups is 1. The Morgan fingerprint density at radius 2 is 2.00 bits per heavy atom. The van der Waals surface area contributed by atoms with Gasteiger partial charge in [-0.15, -0.1) is 0 Å². The molecule has 0 bridgehead atoms. The third-order valence-corrected chi connectivity index (χ3v) is 5.20. The van der Waals surface area contributed by atoms with Crippen molar-refractivity contribution in [2.24, 2.45) is 0 Å². The van der Waals surface area contributed by atoms with E-state index in [1.807, 2.05) is 41.4 Å². The molecule has 3 aromatic rings. The predicted molar refractivity (Wildman–Crippen MR) is 113 cm³/mol. The zero-order valence-corrected chi connectivity index (χ0v) is 16.3. The summed E-state index contributed by atoms with van der Waals surface area (Å²) in [7, 11) is 0. The number of anilines is 1. The van der Waals surface area contributed by atoms with E-state index in [0.29, 0.717) is 17.3 Å². The monoisotopic (exact) mass is 409 g/mol. The minimum absolute atomic E-state index is 0.106. The van der Waals surface area contributed by atoms with Gasteiger partial charge in [0.25, 0.3) is 0 Å². The summed E-state index contributed by atoms with van der Waals surface area (Å²) in [6.45, 7) is 0.436. The maximum Gasteiger partial charge on any atom is 0.226 e. The quantitative estimate of drug-likeness (QED) is 0.543. The number of rotatable bonds is 6. The number of pyridine rings is 1. The molecule has 1 saturated heterocycles. The summed E-state index contributed by atoms with van der Waals surface area (Å²) in [5.74, 6) is -0.503. The lowest BCUT2D eigenvalue weighted by Crippen LogP contribution is -2.32. The van der Waals surface area contributed by atoms with E-state index in [2.05, 4.69) is 20.6 Å². The largest absolute Gasteiger partial charge is 0.363 e. The minimum atomic E-state index is -0.342. The second-order valence-corrected chi connectivity index (χ2v) is 7.14. The van der Waals surface area contributed by atoms with Crippen molar-refractivity contribution in [2.45, 2.75) is 18.5 Å². The van der Waals surface area contributed by atoms with Crippen molar-refractivity contribution in [3.8, 4) is 0 Å². The lowest BCUT2D eigenvalue weighted by molar-refractivity contribution is -0.116. The van der Waals surface area contributed by atoms with Crippen LogP contribution in [0, 0.1) is 5.82 Å². The highest BCUT2D eigenvalue weighted by molar-refractivity contribution is 7.80. The first-order chi connectivity index (χ1) is 14.1. The predicted octanol–water partition coefficient (Wildman–Crippen LogP) is 3.55. The van der Waals surface area contributed by atoms with Crippen LogP contribution in [0.25, 0.3) is 0 Å². The summed E-state index contributed by atoms with van der Waals surface area (Å²) in [4.78, 5) is 22.1. The Morgan fingerprint density at radius 1 is 1.17 bits per heavy atom. The Labute approximate surface area is 173 Å². The average Bonchev–Trinajstić information content (AvgIpc) is 3.36. The number of hydrogen-bond acceptors (Lipinski definition) is 3. The number of nitrogens with one attached hydrogen (secondary N) is 3. The fraction of sp³-hybridized carbons (Fsp3) is 0.190. The van der Waals surface area contributed by atoms with Crippen LogP contribution in [0.1, 0.15) is 29.9 Å². The number of benzene rings is 1. The number of hydrogen-bond donors (Lipinski definition) is 3. The van der Waals surface area contributed by atoms with Crippen LogP contribution in [0.2, 0.25) is 0 Å². The standard InChI is InChI=1S/C21H20FN5OS/c22-14-6-8-15(9-7-14)25-18(28)10-13-27-20(17-5-3-12-24-17)19(26-21(27)29)16-4-1-2-11-23-16/h1-9,11-12,19-20,24H,10,13H2,(H,25,28)(H,26,29)/t19-,20-/m0/s1. The Balaban J connectivity index is 1.48. The van der Waals surface area contributed by atoms with E-state index in [1.165, 1.54) is 24.3 Å². The van der Waals surface area contributed by atoms with E-state index < -0.39 is 0 Å². The van der Waals surface area contributed by atoms with E-state index in [0.717, 1.165) is 11.4 Å². The summed E-state index contributed by atoms with van der Waals surface area (Å²) in [5, 5.41) is 6.70. The highest BCUT2D eigenvalue weighted by Gasteiger charge is 2.40. The normalized spacial score (nSPS) is 18.5. The third kappa shape index (κ3) is 4.27. The Hall–Kier alpha value is -3.26. The molecule has 148 valence electrons. The molecule has 0 unspecified atom stereocenters. The van der Waals surface area contributed by atoms with Crippen LogP contribution in [-0.2, 0) is 4.79 Å². The van der Waals surface area contributed by atoms with E-state index in [9.17, 15) is 9.18 Å². The molecule has 1 amide bonds. The van der Waals surface area contributed by atoms with Crippen LogP contribution in [0.4, 0.5) is 10.1 Å². The maximum absolute atomic E-state index is 13.0. The van der Waals surface area contributed by atoms with Crippen molar-refractivity contribution in [1.29, 1.82) is 0 Å². The highest BCUT2D eigenvalue weighted by Crippen LogP contribution is 2.37. The van der Waals surface area contributed by atoms with E-state index >= 15 is 0 Å². The number of halogens is 1. The van der Waals surface area contributed by atoms with Crippen LogP contribution in [0.3, 0.4) is 0 Å². The summed E-state index contributed by atoms with van der Waals surface area (Å²) in [5.41, 5.74) is 2.44. The first-order valence-electron chi connectivity index (χ1n) is 9.28. The molecule has 6 nitrogen and oxygen atoms in total. The zero-order valence-electron chi connectivity index (χ0n) is 15.5. The van der Waals surface area contributed by atoms with Crippen LogP contribution < -0.4 is 10.6 Å². The average molecular weight is 409 g/mol. The van der Waals surface area contributed by atoms with E-state index in [-0.39, 0.29) is 30.2 Å². The summed E-state index contributed by atoms with van der Waals surface area (Å²) >= 11 is 5.56. The molecule has 0 spiro atoms. The zero-order chi connectivity index (χ0) is 20.2. The molecular weight excluding hydrogens is 389 g/mol. The molecule has 1 fully saturated rings. The molecule has 3 N–H and O–H groups in total. The third-order valence-electron chi connectivity index (χ3n) is 4.85. The lowest BCUT2D eigenvalue weighted by Gasteiger charge is -2.26. The van der Waals surface area contributed by atoms with Crippen LogP contribution >= 0.6 is 12.2 Å². The number of H-pyrrole nitrogens is 1. The van der Waals surface area contributed by atoms with Crippen molar-refractivity contribution in [2.75, 3.05) is 11.9 Å². The van der Waals surface area contributed by atoms with Gasteiger partial charge in [-0.1, -0.05) is 6.07 Å². The van der Waals surface area contributed by atoms with Crippen molar-refractivity contribution in [3.63, 3.8) is 0 Å². The molecule has 2 aromatic heterocycles. The first-order valence-corrected chi connectivity index (χ1v) is 9.69. The minimum Gasteiger partial charge on any atom is -0.363 e. The lowest BCUT2D eigenvalue weighted by atomic mass is 10.0. The van der Waals surface area contributed by atoms with Gasteiger partial charge in [0, 0.05) is 36.7 Å². The summed E-state index contributed by atoms with van der Waals surface area (Å²) < 4.78 is 13.0. The smallest absolute Gasteiger partial charge is 0.226 e. The second-order valence-electron chi connectivity index (χ2n) is 6.75. The van der Waals surface area contributed by atoms with E-state index in [4.69, 9.17) is 12.2 Å². The fourth-order valence-electron chi connectivity index (χ4n) is 3.49. The van der Waals surface area contributed by atoms with Gasteiger partial charge in [-0.25, -0.2) is 4.39 Å². The number of carbonyl (C=O) groups is 1. The summed E-state index contributed by atoms with van der Waals surface area (Å²) in [6.07, 6.45) is 3.86. The summed E-state index contributed by atoms with van der Waals surface area (Å²) in [6, 6.07) is 15.2. The molecule has 0 radical (unpaired) electrons. The van der Waals surface area contributed by atoms with Gasteiger partial charge in [-0.05, 0) is 60.7 Å². The van der Waals surface area contributed by atoms with Crippen molar-refractivity contribution >= 4 is 28.9 Å². The molecule has 0 saturated carbocycles. The van der Waals surface area contributed by atoms with Crippen molar-refractivity contribution in [1.82, 2.24) is 20.2 Å². The first kappa shape index (κ1) is 19.1. The SMILES string of the molecule is O=C(CCN1C(=S)N[C@@H](c2ccccn2)[C@@H]1c1ccc[nH]1)Nc1ccc(F)cc1. The van der Waals surface area contributed by atoms with Gasteiger partial charge in [-0.3, -0.25) is 9.78 Å².